The summed E-state index contributed by atoms with van der Waals surface area (Å²) in [5.74, 6) is 2.96. The molecule has 1 aromatic heterocycles. The molecule has 2 aliphatic carbocycles. The average Bonchev–Trinajstić information content (AvgIpc) is 3.00. The Balaban J connectivity index is 1.51. The van der Waals surface area contributed by atoms with Crippen LogP contribution in [0, 0.1) is 27.9 Å². The first-order valence-electron chi connectivity index (χ1n) is 7.14. The van der Waals surface area contributed by atoms with Crippen LogP contribution in [0.4, 0.5) is 17.5 Å². The number of rotatable bonds is 5. The van der Waals surface area contributed by atoms with E-state index in [1.54, 1.807) is 0 Å². The highest BCUT2D eigenvalue weighted by molar-refractivity contribution is 5.53. The van der Waals surface area contributed by atoms with Gasteiger partial charge in [-0.2, -0.15) is 4.98 Å². The Morgan fingerprint density at radius 3 is 2.90 bits per heavy atom. The molecule has 7 heteroatoms. The van der Waals surface area contributed by atoms with Gasteiger partial charge in [-0.1, -0.05) is 6.42 Å². The molecule has 0 radical (unpaired) electrons. The molecule has 0 aromatic carbocycles. The van der Waals surface area contributed by atoms with E-state index < -0.39 is 4.92 Å². The van der Waals surface area contributed by atoms with Crippen molar-refractivity contribution in [3.8, 4) is 0 Å². The van der Waals surface area contributed by atoms with Gasteiger partial charge >= 0.3 is 5.69 Å². The molecule has 3 N–H and O–H groups in total. The maximum absolute atomic E-state index is 10.6. The maximum atomic E-state index is 10.6. The lowest BCUT2D eigenvalue weighted by Crippen LogP contribution is -2.16. The van der Waals surface area contributed by atoms with Crippen LogP contribution in [-0.2, 0) is 0 Å². The number of nitrogens with zero attached hydrogens (tertiary/aromatic N) is 3. The summed E-state index contributed by atoms with van der Waals surface area (Å²) < 4.78 is 0. The fraction of sp³-hybridized carbons (Fsp3) is 0.692. The van der Waals surface area contributed by atoms with Crippen LogP contribution in [0.15, 0.2) is 6.20 Å². The summed E-state index contributed by atoms with van der Waals surface area (Å²) in [6.07, 6.45) is 7.83. The molecule has 2 saturated carbocycles. The summed E-state index contributed by atoms with van der Waals surface area (Å²) in [7, 11) is 0. The highest BCUT2D eigenvalue weighted by Crippen LogP contribution is 2.49. The third-order valence-corrected chi connectivity index (χ3v) is 4.68. The van der Waals surface area contributed by atoms with Crippen molar-refractivity contribution in [1.82, 2.24) is 9.97 Å². The molecule has 2 aliphatic rings. The molecule has 0 amide bonds. The molecular weight excluding hydrogens is 258 g/mol. The Morgan fingerprint density at radius 2 is 2.30 bits per heavy atom. The van der Waals surface area contributed by atoms with Crippen molar-refractivity contribution in [2.75, 3.05) is 17.6 Å². The Morgan fingerprint density at radius 1 is 1.45 bits per heavy atom. The molecule has 0 aliphatic heterocycles. The molecule has 3 rings (SSSR count). The van der Waals surface area contributed by atoms with Gasteiger partial charge in [0.15, 0.2) is 0 Å². The van der Waals surface area contributed by atoms with Gasteiger partial charge < -0.3 is 11.1 Å². The summed E-state index contributed by atoms with van der Waals surface area (Å²) in [6, 6.07) is 0. The van der Waals surface area contributed by atoms with Crippen molar-refractivity contribution in [2.45, 2.75) is 32.1 Å². The first-order chi connectivity index (χ1) is 9.63. The number of anilines is 2. The van der Waals surface area contributed by atoms with E-state index in [1.807, 2.05) is 0 Å². The molecule has 3 atom stereocenters. The number of nitrogens with one attached hydrogen (secondary N) is 1. The minimum absolute atomic E-state index is 0.0903. The van der Waals surface area contributed by atoms with Crippen molar-refractivity contribution >= 4 is 17.5 Å². The monoisotopic (exact) mass is 277 g/mol. The van der Waals surface area contributed by atoms with Gasteiger partial charge in [-0.3, -0.25) is 10.1 Å². The van der Waals surface area contributed by atoms with Crippen molar-refractivity contribution in [3.63, 3.8) is 0 Å². The van der Waals surface area contributed by atoms with E-state index in [4.69, 9.17) is 5.73 Å². The number of nitrogens with two attached hydrogens (primary N) is 1. The third-order valence-electron chi connectivity index (χ3n) is 4.68. The molecule has 1 aromatic rings. The van der Waals surface area contributed by atoms with Gasteiger partial charge in [-0.15, -0.1) is 0 Å². The van der Waals surface area contributed by atoms with Crippen molar-refractivity contribution < 1.29 is 4.92 Å². The molecule has 108 valence electrons. The van der Waals surface area contributed by atoms with Gasteiger partial charge in [0.1, 0.15) is 6.20 Å². The molecule has 7 nitrogen and oxygen atoms in total. The van der Waals surface area contributed by atoms with Crippen LogP contribution in [0.25, 0.3) is 0 Å². The van der Waals surface area contributed by atoms with E-state index >= 15 is 0 Å². The van der Waals surface area contributed by atoms with Gasteiger partial charge in [0.2, 0.25) is 11.8 Å². The lowest BCUT2D eigenvalue weighted by Gasteiger charge is -2.21. The van der Waals surface area contributed by atoms with Gasteiger partial charge in [0.05, 0.1) is 4.92 Å². The van der Waals surface area contributed by atoms with Gasteiger partial charge in [-0.25, -0.2) is 4.98 Å². The first-order valence-corrected chi connectivity index (χ1v) is 7.14. The zero-order chi connectivity index (χ0) is 14.1. The minimum atomic E-state index is -0.575. The van der Waals surface area contributed by atoms with Crippen LogP contribution in [0.2, 0.25) is 0 Å². The van der Waals surface area contributed by atoms with E-state index in [-0.39, 0.29) is 11.5 Å². The van der Waals surface area contributed by atoms with Crippen LogP contribution in [0.5, 0.6) is 0 Å². The number of hydrogen-bond acceptors (Lipinski definition) is 6. The van der Waals surface area contributed by atoms with E-state index in [0.29, 0.717) is 5.95 Å². The summed E-state index contributed by atoms with van der Waals surface area (Å²) in [5.41, 5.74) is 5.29. The van der Waals surface area contributed by atoms with Crippen LogP contribution in [0.1, 0.15) is 32.1 Å². The second-order valence-corrected chi connectivity index (χ2v) is 5.87. The Bertz CT molecular complexity index is 521. The average molecular weight is 277 g/mol. The van der Waals surface area contributed by atoms with E-state index in [9.17, 15) is 10.1 Å². The van der Waals surface area contributed by atoms with Crippen molar-refractivity contribution in [3.05, 3.63) is 16.3 Å². The number of nitrogen functional groups attached to an aromatic ring is 1. The maximum Gasteiger partial charge on any atom is 0.329 e. The zero-order valence-corrected chi connectivity index (χ0v) is 11.3. The smallest absolute Gasteiger partial charge is 0.329 e. The van der Waals surface area contributed by atoms with Crippen LogP contribution < -0.4 is 11.1 Å². The van der Waals surface area contributed by atoms with E-state index in [0.717, 1.165) is 36.9 Å². The second kappa shape index (κ2) is 5.22. The van der Waals surface area contributed by atoms with Gasteiger partial charge in [0, 0.05) is 6.54 Å². The standard InChI is InChI=1S/C13H19N5O2/c14-12-11(18(19)20)7-16-13(17-12)15-4-3-10-6-8-1-2-9(10)5-8/h7-10H,1-6H2,(H3,14,15,16,17)/t8-,9-,10+/m0/s1. The Kier molecular flexibility index (Phi) is 3.42. The van der Waals surface area contributed by atoms with E-state index in [1.165, 1.54) is 25.7 Å². The Labute approximate surface area is 117 Å². The summed E-state index contributed by atoms with van der Waals surface area (Å²) in [4.78, 5) is 17.9. The summed E-state index contributed by atoms with van der Waals surface area (Å²) >= 11 is 0. The van der Waals surface area contributed by atoms with Crippen molar-refractivity contribution in [2.24, 2.45) is 17.8 Å². The molecule has 0 saturated heterocycles. The normalized spacial score (nSPS) is 27.7. The second-order valence-electron chi connectivity index (χ2n) is 5.87. The van der Waals surface area contributed by atoms with Gasteiger partial charge in [0.25, 0.3) is 0 Å². The fourth-order valence-corrected chi connectivity index (χ4v) is 3.71. The number of aromatic nitrogens is 2. The summed E-state index contributed by atoms with van der Waals surface area (Å²) in [5, 5.41) is 13.7. The van der Waals surface area contributed by atoms with Gasteiger partial charge in [-0.05, 0) is 43.4 Å². The SMILES string of the molecule is Nc1nc(NCC[C@@H]2C[C@H]3CC[C@H]2C3)ncc1[N+](=O)[O-]. The topological polar surface area (TPSA) is 107 Å². The van der Waals surface area contributed by atoms with Crippen LogP contribution in [0.3, 0.4) is 0 Å². The van der Waals surface area contributed by atoms with Crippen LogP contribution >= 0.6 is 0 Å². The van der Waals surface area contributed by atoms with E-state index in [2.05, 4.69) is 15.3 Å². The lowest BCUT2D eigenvalue weighted by atomic mass is 9.86. The molecule has 2 fully saturated rings. The minimum Gasteiger partial charge on any atom is -0.378 e. The number of hydrogen-bond donors (Lipinski definition) is 2. The molecule has 20 heavy (non-hydrogen) atoms. The first kappa shape index (κ1) is 13.1. The molecule has 1 heterocycles. The molecule has 2 bridgehead atoms. The largest absolute Gasteiger partial charge is 0.378 e. The highest BCUT2D eigenvalue weighted by atomic mass is 16.6. The number of fused-ring (bicyclic) bond motifs is 2. The zero-order valence-electron chi connectivity index (χ0n) is 11.3. The third kappa shape index (κ3) is 2.52. The number of nitro groups is 1. The lowest BCUT2D eigenvalue weighted by molar-refractivity contribution is -0.384. The molecular formula is C13H19N5O2. The fourth-order valence-electron chi connectivity index (χ4n) is 3.71. The van der Waals surface area contributed by atoms with Crippen LogP contribution in [-0.4, -0.2) is 21.4 Å². The predicted octanol–water partition coefficient (Wildman–Crippen LogP) is 2.21. The highest BCUT2D eigenvalue weighted by Gasteiger charge is 2.38. The molecule has 0 spiro atoms. The Hall–Kier alpha value is -1.92. The quantitative estimate of drug-likeness (QED) is 0.631. The molecule has 0 unspecified atom stereocenters. The predicted molar refractivity (Wildman–Crippen MR) is 75.1 cm³/mol. The summed E-state index contributed by atoms with van der Waals surface area (Å²) in [6.45, 7) is 0.797. The van der Waals surface area contributed by atoms with Crippen molar-refractivity contribution in [1.29, 1.82) is 0 Å².